The van der Waals surface area contributed by atoms with Gasteiger partial charge in [0.25, 0.3) is 5.91 Å². The molecule has 3 aromatic rings. The molecule has 32 heavy (non-hydrogen) atoms. The summed E-state index contributed by atoms with van der Waals surface area (Å²) in [6.07, 6.45) is 1.21. The van der Waals surface area contributed by atoms with Crippen molar-refractivity contribution in [2.45, 2.75) is 19.7 Å². The fourth-order valence-corrected chi connectivity index (χ4v) is 3.64. The molecule has 1 aromatic carbocycles. The number of nitrogens with one attached hydrogen (secondary N) is 1. The second-order valence-corrected chi connectivity index (χ2v) is 7.70. The van der Waals surface area contributed by atoms with Gasteiger partial charge in [-0.25, -0.2) is 4.98 Å². The van der Waals surface area contributed by atoms with Crippen LogP contribution in [0.25, 0.3) is 11.1 Å². The van der Waals surface area contributed by atoms with E-state index in [1.165, 1.54) is 18.3 Å². The molecule has 0 saturated carbocycles. The lowest BCUT2D eigenvalue weighted by Gasteiger charge is -2.21. The number of hydrogen-bond donors (Lipinski definition) is 1. The summed E-state index contributed by atoms with van der Waals surface area (Å²) >= 11 is 0. The molecule has 1 fully saturated rings. The van der Waals surface area contributed by atoms with Crippen molar-refractivity contribution in [3.63, 3.8) is 0 Å². The molecule has 1 aliphatic rings. The number of amides is 1. The minimum atomic E-state index is -4.77. The van der Waals surface area contributed by atoms with E-state index >= 15 is 0 Å². The number of anilines is 2. The maximum absolute atomic E-state index is 12.8. The Morgan fingerprint density at radius 3 is 2.59 bits per heavy atom. The average molecular weight is 442 g/mol. The van der Waals surface area contributed by atoms with Crippen LogP contribution >= 0.6 is 0 Å². The zero-order valence-electron chi connectivity index (χ0n) is 17.3. The average Bonchev–Trinajstić information content (AvgIpc) is 3.20. The first-order valence-corrected chi connectivity index (χ1v) is 10.1. The molecule has 4 rings (SSSR count). The van der Waals surface area contributed by atoms with Gasteiger partial charge in [0.2, 0.25) is 0 Å². The predicted molar refractivity (Wildman–Crippen MR) is 115 cm³/mol. The van der Waals surface area contributed by atoms with Crippen LogP contribution in [0.2, 0.25) is 0 Å². The third-order valence-electron chi connectivity index (χ3n) is 5.17. The molecule has 1 amide bonds. The van der Waals surface area contributed by atoms with E-state index < -0.39 is 12.3 Å². The van der Waals surface area contributed by atoms with Gasteiger partial charge in [-0.15, -0.1) is 13.2 Å². The molecule has 1 N–H and O–H groups in total. The van der Waals surface area contributed by atoms with Gasteiger partial charge in [-0.2, -0.15) is 0 Å². The molecule has 1 saturated heterocycles. The molecular formula is C23H21F3N4O2. The van der Waals surface area contributed by atoms with E-state index in [-0.39, 0.29) is 5.75 Å². The lowest BCUT2D eigenvalue weighted by Crippen LogP contribution is -2.22. The maximum Gasteiger partial charge on any atom is 0.573 e. The number of hydrogen-bond acceptors (Lipinski definition) is 5. The van der Waals surface area contributed by atoms with Gasteiger partial charge < -0.3 is 15.0 Å². The van der Waals surface area contributed by atoms with Crippen molar-refractivity contribution in [3.05, 3.63) is 66.6 Å². The zero-order chi connectivity index (χ0) is 22.7. The summed E-state index contributed by atoms with van der Waals surface area (Å²) in [5.74, 6) is 0.576. The second-order valence-electron chi connectivity index (χ2n) is 7.70. The molecular weight excluding hydrogens is 421 g/mol. The molecule has 0 radical (unpaired) electrons. The van der Waals surface area contributed by atoms with Gasteiger partial charge in [0.15, 0.2) is 0 Å². The molecule has 0 spiro atoms. The molecule has 0 aliphatic carbocycles. The first-order chi connectivity index (χ1) is 15.3. The van der Waals surface area contributed by atoms with Gasteiger partial charge in [-0.1, -0.05) is 13.0 Å². The van der Waals surface area contributed by atoms with Crippen molar-refractivity contribution in [1.29, 1.82) is 0 Å². The van der Waals surface area contributed by atoms with Crippen molar-refractivity contribution in [1.82, 2.24) is 9.97 Å². The molecule has 2 aromatic heterocycles. The Balaban J connectivity index is 1.57. The quantitative estimate of drug-likeness (QED) is 0.593. The Kier molecular flexibility index (Phi) is 5.98. The lowest BCUT2D eigenvalue weighted by atomic mass is 10.1. The minimum Gasteiger partial charge on any atom is -0.406 e. The third kappa shape index (κ3) is 5.16. The second kappa shape index (κ2) is 8.86. The van der Waals surface area contributed by atoms with Crippen molar-refractivity contribution < 1.29 is 22.7 Å². The first-order valence-electron chi connectivity index (χ1n) is 10.1. The summed E-state index contributed by atoms with van der Waals surface area (Å²) in [4.78, 5) is 23.8. The predicted octanol–water partition coefficient (Wildman–Crippen LogP) is 5.14. The fourth-order valence-electron chi connectivity index (χ4n) is 3.64. The largest absolute Gasteiger partial charge is 0.573 e. The number of carbonyl (C=O) groups is 1. The number of alkyl halides is 3. The van der Waals surface area contributed by atoms with Gasteiger partial charge in [0.05, 0.1) is 5.56 Å². The maximum atomic E-state index is 12.8. The third-order valence-corrected chi connectivity index (χ3v) is 5.17. The van der Waals surface area contributed by atoms with E-state index in [1.807, 2.05) is 12.1 Å². The molecule has 0 unspecified atom stereocenters. The Hall–Kier alpha value is -3.62. The van der Waals surface area contributed by atoms with Crippen LogP contribution in [0.15, 0.2) is 61.1 Å². The molecule has 3 heterocycles. The van der Waals surface area contributed by atoms with Crippen LogP contribution in [0.5, 0.6) is 5.75 Å². The van der Waals surface area contributed by atoms with Gasteiger partial charge in [-0.05, 0) is 48.7 Å². The summed E-state index contributed by atoms with van der Waals surface area (Å²) in [7, 11) is 0. The van der Waals surface area contributed by atoms with E-state index in [4.69, 9.17) is 0 Å². The molecule has 9 heteroatoms. The highest BCUT2D eigenvalue weighted by Gasteiger charge is 2.31. The zero-order valence-corrected chi connectivity index (χ0v) is 17.3. The van der Waals surface area contributed by atoms with Crippen LogP contribution in [0.1, 0.15) is 23.7 Å². The highest BCUT2D eigenvalue weighted by Crippen LogP contribution is 2.33. The van der Waals surface area contributed by atoms with E-state index in [9.17, 15) is 18.0 Å². The summed E-state index contributed by atoms with van der Waals surface area (Å²) in [6.45, 7) is 3.97. The fraction of sp³-hybridized carbons (Fsp3) is 0.261. The number of ether oxygens (including phenoxy) is 1. The Bertz CT molecular complexity index is 1090. The first kappa shape index (κ1) is 21.6. The lowest BCUT2D eigenvalue weighted by molar-refractivity contribution is -0.274. The highest BCUT2D eigenvalue weighted by atomic mass is 19.4. The smallest absolute Gasteiger partial charge is 0.406 e. The molecule has 1 atom stereocenters. The Morgan fingerprint density at radius 2 is 1.97 bits per heavy atom. The van der Waals surface area contributed by atoms with Crippen LogP contribution < -0.4 is 15.0 Å². The monoisotopic (exact) mass is 442 g/mol. The van der Waals surface area contributed by atoms with E-state index in [1.54, 1.807) is 18.5 Å². The number of benzene rings is 1. The van der Waals surface area contributed by atoms with Gasteiger partial charge >= 0.3 is 6.36 Å². The van der Waals surface area contributed by atoms with Gasteiger partial charge in [0, 0.05) is 48.5 Å². The highest BCUT2D eigenvalue weighted by molar-refractivity contribution is 6.05. The Labute approximate surface area is 183 Å². The normalized spacial score (nSPS) is 16.1. The molecule has 6 nitrogen and oxygen atoms in total. The molecule has 1 aliphatic heterocycles. The molecule has 0 bridgehead atoms. The van der Waals surface area contributed by atoms with Crippen molar-refractivity contribution >= 4 is 17.4 Å². The summed E-state index contributed by atoms with van der Waals surface area (Å²) in [5, 5.41) is 2.68. The van der Waals surface area contributed by atoms with Crippen LogP contribution in [-0.2, 0) is 0 Å². The van der Waals surface area contributed by atoms with Crippen molar-refractivity contribution in [2.24, 2.45) is 5.92 Å². The van der Waals surface area contributed by atoms with E-state index in [2.05, 4.69) is 31.8 Å². The van der Waals surface area contributed by atoms with Crippen LogP contribution in [0.4, 0.5) is 24.7 Å². The Morgan fingerprint density at radius 1 is 1.19 bits per heavy atom. The molecule has 166 valence electrons. The summed E-state index contributed by atoms with van der Waals surface area (Å²) in [6, 6.07) is 10.5. The summed E-state index contributed by atoms with van der Waals surface area (Å²) < 4.78 is 40.8. The number of pyridine rings is 2. The van der Waals surface area contributed by atoms with Crippen LogP contribution in [0, 0.1) is 5.92 Å². The van der Waals surface area contributed by atoms with Crippen molar-refractivity contribution in [3.8, 4) is 16.9 Å². The standard InChI is InChI=1S/C23H21F3N4O2/c1-15-8-10-30(14-15)21-20(16-3-2-9-27-12-16)11-17(13-28-21)22(31)29-18-4-6-19(7-5-18)32-23(24,25)26/h2-7,9,11-13,15H,8,10,14H2,1H3,(H,29,31)/t15-/m1/s1. The topological polar surface area (TPSA) is 67.4 Å². The van der Waals surface area contributed by atoms with E-state index in [0.29, 0.717) is 17.2 Å². The van der Waals surface area contributed by atoms with E-state index in [0.717, 1.165) is 48.6 Å². The van der Waals surface area contributed by atoms with Crippen LogP contribution in [0.3, 0.4) is 0 Å². The number of nitrogens with zero attached hydrogens (tertiary/aromatic N) is 3. The number of rotatable bonds is 5. The number of aromatic nitrogens is 2. The number of halogens is 3. The van der Waals surface area contributed by atoms with Gasteiger partial charge in [0.1, 0.15) is 11.6 Å². The van der Waals surface area contributed by atoms with Gasteiger partial charge in [-0.3, -0.25) is 9.78 Å². The van der Waals surface area contributed by atoms with Crippen LogP contribution in [-0.4, -0.2) is 35.3 Å². The SMILES string of the molecule is C[C@@H]1CCN(c2ncc(C(=O)Nc3ccc(OC(F)(F)F)cc3)cc2-c2cccnc2)C1. The minimum absolute atomic E-state index is 0.329. The summed E-state index contributed by atoms with van der Waals surface area (Å²) in [5.41, 5.74) is 2.31. The van der Waals surface area contributed by atoms with Crippen molar-refractivity contribution in [2.75, 3.05) is 23.3 Å². The number of carbonyl (C=O) groups excluding carboxylic acids is 1.